The molecule has 0 N–H and O–H groups in total. The van der Waals surface area contributed by atoms with Crippen molar-refractivity contribution in [1.82, 2.24) is 15.2 Å². The molecule has 0 spiro atoms. The van der Waals surface area contributed by atoms with Crippen LogP contribution in [0.25, 0.3) is 22.6 Å². The Morgan fingerprint density at radius 1 is 0.957 bits per heavy atom. The predicted molar refractivity (Wildman–Crippen MR) is 81.2 cm³/mol. The van der Waals surface area contributed by atoms with E-state index in [1.165, 1.54) is 6.07 Å². The Morgan fingerprint density at radius 3 is 2.57 bits per heavy atom. The quantitative estimate of drug-likeness (QED) is 0.574. The van der Waals surface area contributed by atoms with Crippen molar-refractivity contribution in [1.29, 1.82) is 0 Å². The van der Waals surface area contributed by atoms with Gasteiger partial charge in [0.1, 0.15) is 11.9 Å². The number of para-hydroxylation sites is 1. The third-order valence-electron chi connectivity index (χ3n) is 3.48. The second kappa shape index (κ2) is 5.31. The van der Waals surface area contributed by atoms with Gasteiger partial charge in [0.2, 0.25) is 17.7 Å². The summed E-state index contributed by atoms with van der Waals surface area (Å²) in [5.41, 5.74) is 2.61. The van der Waals surface area contributed by atoms with Gasteiger partial charge in [-0.05, 0) is 31.2 Å². The van der Waals surface area contributed by atoms with E-state index in [1.54, 1.807) is 12.1 Å². The Labute approximate surface area is 130 Å². The van der Waals surface area contributed by atoms with E-state index in [1.807, 2.05) is 31.2 Å². The van der Waals surface area contributed by atoms with Crippen molar-refractivity contribution in [2.24, 2.45) is 0 Å². The predicted octanol–water partition coefficient (Wildman–Crippen LogP) is 3.92. The number of benzene rings is 2. The van der Waals surface area contributed by atoms with Gasteiger partial charge in [0, 0.05) is 5.56 Å². The largest absolute Gasteiger partial charge is 0.440 e. The van der Waals surface area contributed by atoms with E-state index in [2.05, 4.69) is 15.2 Å². The average molecular weight is 309 g/mol. The molecule has 23 heavy (non-hydrogen) atoms. The van der Waals surface area contributed by atoms with Crippen LogP contribution >= 0.6 is 0 Å². The van der Waals surface area contributed by atoms with Gasteiger partial charge in [0.15, 0.2) is 11.4 Å². The molecule has 2 aromatic carbocycles. The van der Waals surface area contributed by atoms with Gasteiger partial charge in [-0.25, -0.2) is 9.37 Å². The summed E-state index contributed by atoms with van der Waals surface area (Å²) in [6.45, 7) is 2.01. The lowest BCUT2D eigenvalue weighted by atomic mass is 10.1. The number of nitrogens with zero attached hydrogens (tertiary/aromatic N) is 3. The van der Waals surface area contributed by atoms with Crippen molar-refractivity contribution in [3.8, 4) is 11.5 Å². The third-order valence-corrected chi connectivity index (χ3v) is 3.48. The van der Waals surface area contributed by atoms with Crippen LogP contribution in [0.1, 0.15) is 17.3 Å². The first-order chi connectivity index (χ1) is 11.2. The first kappa shape index (κ1) is 13.6. The second-order valence-corrected chi connectivity index (χ2v) is 5.24. The highest BCUT2D eigenvalue weighted by Crippen LogP contribution is 2.22. The monoisotopic (exact) mass is 309 g/mol. The van der Waals surface area contributed by atoms with Crippen LogP contribution in [0.15, 0.2) is 51.3 Å². The number of hydrogen-bond acceptors (Lipinski definition) is 5. The molecule has 2 aromatic heterocycles. The van der Waals surface area contributed by atoms with E-state index < -0.39 is 5.82 Å². The lowest BCUT2D eigenvalue weighted by Gasteiger charge is -1.95. The SMILES string of the molecule is Cc1ccc(-c2nnc(Cc3nc4c(F)cccc4o3)o2)cc1. The Bertz CT molecular complexity index is 973. The first-order valence-electron chi connectivity index (χ1n) is 7.12. The summed E-state index contributed by atoms with van der Waals surface area (Å²) in [7, 11) is 0. The maximum Gasteiger partial charge on any atom is 0.247 e. The molecule has 0 bridgehead atoms. The molecule has 0 aliphatic heterocycles. The lowest BCUT2D eigenvalue weighted by Crippen LogP contribution is -1.88. The highest BCUT2D eigenvalue weighted by atomic mass is 19.1. The summed E-state index contributed by atoms with van der Waals surface area (Å²) in [5.74, 6) is 0.724. The molecule has 0 aliphatic rings. The number of aromatic nitrogens is 3. The molecule has 0 amide bonds. The fraction of sp³-hybridized carbons (Fsp3) is 0.118. The van der Waals surface area contributed by atoms with Crippen LogP contribution in [-0.4, -0.2) is 15.2 Å². The van der Waals surface area contributed by atoms with Crippen LogP contribution in [0.2, 0.25) is 0 Å². The number of aryl methyl sites for hydroxylation is 1. The zero-order valence-corrected chi connectivity index (χ0v) is 12.3. The molecule has 5 nitrogen and oxygen atoms in total. The minimum atomic E-state index is -0.414. The smallest absolute Gasteiger partial charge is 0.247 e. The summed E-state index contributed by atoms with van der Waals surface area (Å²) in [6, 6.07) is 12.4. The summed E-state index contributed by atoms with van der Waals surface area (Å²) in [4.78, 5) is 4.13. The van der Waals surface area contributed by atoms with Crippen LogP contribution in [-0.2, 0) is 6.42 Å². The Balaban J connectivity index is 1.61. The van der Waals surface area contributed by atoms with Crippen molar-refractivity contribution < 1.29 is 13.2 Å². The molecule has 0 saturated heterocycles. The molecule has 0 atom stereocenters. The summed E-state index contributed by atoms with van der Waals surface area (Å²) >= 11 is 0. The number of rotatable bonds is 3. The van der Waals surface area contributed by atoms with Gasteiger partial charge in [-0.15, -0.1) is 10.2 Å². The molecule has 6 heteroatoms. The van der Waals surface area contributed by atoms with Crippen LogP contribution in [0, 0.1) is 12.7 Å². The first-order valence-corrected chi connectivity index (χ1v) is 7.12. The Morgan fingerprint density at radius 2 is 1.78 bits per heavy atom. The van der Waals surface area contributed by atoms with Crippen molar-refractivity contribution in [2.75, 3.05) is 0 Å². The average Bonchev–Trinajstić information content (AvgIpc) is 3.16. The van der Waals surface area contributed by atoms with Crippen molar-refractivity contribution in [3.05, 3.63) is 65.6 Å². The molecule has 0 saturated carbocycles. The minimum Gasteiger partial charge on any atom is -0.440 e. The summed E-state index contributed by atoms with van der Waals surface area (Å²) < 4.78 is 24.8. The normalized spacial score (nSPS) is 11.2. The zero-order valence-electron chi connectivity index (χ0n) is 12.3. The highest BCUT2D eigenvalue weighted by Gasteiger charge is 2.14. The maximum absolute atomic E-state index is 13.6. The van der Waals surface area contributed by atoms with Gasteiger partial charge >= 0.3 is 0 Å². The van der Waals surface area contributed by atoms with E-state index in [4.69, 9.17) is 8.83 Å². The molecule has 0 radical (unpaired) electrons. The number of hydrogen-bond donors (Lipinski definition) is 0. The van der Waals surface area contributed by atoms with Gasteiger partial charge in [-0.3, -0.25) is 0 Å². The Hall–Kier alpha value is -3.02. The fourth-order valence-corrected chi connectivity index (χ4v) is 2.30. The standard InChI is InChI=1S/C17H12FN3O2/c1-10-5-7-11(8-6-10)17-21-20-15(23-17)9-14-19-16-12(18)3-2-4-13(16)22-14/h2-8H,9H2,1H3. The number of fused-ring (bicyclic) bond motifs is 1. The molecule has 4 aromatic rings. The topological polar surface area (TPSA) is 65.0 Å². The van der Waals surface area contributed by atoms with E-state index in [0.29, 0.717) is 23.3 Å². The maximum atomic E-state index is 13.6. The Kier molecular flexibility index (Phi) is 3.15. The van der Waals surface area contributed by atoms with Crippen LogP contribution in [0.3, 0.4) is 0 Å². The molecule has 114 valence electrons. The minimum absolute atomic E-state index is 0.209. The fourth-order valence-electron chi connectivity index (χ4n) is 2.30. The van der Waals surface area contributed by atoms with Crippen molar-refractivity contribution >= 4 is 11.1 Å². The summed E-state index contributed by atoms with van der Waals surface area (Å²) in [6.07, 6.45) is 0.215. The van der Waals surface area contributed by atoms with E-state index in [0.717, 1.165) is 11.1 Å². The molecular weight excluding hydrogens is 297 g/mol. The molecule has 0 aliphatic carbocycles. The zero-order chi connectivity index (χ0) is 15.8. The van der Waals surface area contributed by atoms with Crippen LogP contribution in [0.4, 0.5) is 4.39 Å². The third kappa shape index (κ3) is 2.59. The number of halogens is 1. The molecule has 0 unspecified atom stereocenters. The van der Waals surface area contributed by atoms with Gasteiger partial charge < -0.3 is 8.83 Å². The molecule has 0 fully saturated rings. The van der Waals surface area contributed by atoms with Crippen LogP contribution < -0.4 is 0 Å². The van der Waals surface area contributed by atoms with Gasteiger partial charge in [0.25, 0.3) is 0 Å². The van der Waals surface area contributed by atoms with Gasteiger partial charge in [0.05, 0.1) is 0 Å². The van der Waals surface area contributed by atoms with E-state index >= 15 is 0 Å². The van der Waals surface area contributed by atoms with Gasteiger partial charge in [-0.1, -0.05) is 23.8 Å². The molecule has 4 rings (SSSR count). The van der Waals surface area contributed by atoms with E-state index in [9.17, 15) is 4.39 Å². The second-order valence-electron chi connectivity index (χ2n) is 5.24. The number of oxazole rings is 1. The van der Waals surface area contributed by atoms with Gasteiger partial charge in [-0.2, -0.15) is 0 Å². The van der Waals surface area contributed by atoms with Crippen LogP contribution in [0.5, 0.6) is 0 Å². The molecular formula is C17H12FN3O2. The van der Waals surface area contributed by atoms with E-state index in [-0.39, 0.29) is 11.9 Å². The summed E-state index contributed by atoms with van der Waals surface area (Å²) in [5, 5.41) is 8.02. The van der Waals surface area contributed by atoms with Crippen molar-refractivity contribution in [3.63, 3.8) is 0 Å². The highest BCUT2D eigenvalue weighted by molar-refractivity contribution is 5.73. The lowest BCUT2D eigenvalue weighted by molar-refractivity contribution is 0.476. The molecule has 2 heterocycles. The van der Waals surface area contributed by atoms with Crippen molar-refractivity contribution in [2.45, 2.75) is 13.3 Å².